The molecule has 0 heterocycles. The summed E-state index contributed by atoms with van der Waals surface area (Å²) in [5.74, 6) is -1.90. The molecule has 2 N–H and O–H groups in total. The van der Waals surface area contributed by atoms with E-state index in [-0.39, 0.29) is 12.5 Å². The molecule has 0 aromatic heterocycles. The molecule has 1 aliphatic rings. The molecule has 142 valence electrons. The fourth-order valence-electron chi connectivity index (χ4n) is 3.43. The van der Waals surface area contributed by atoms with Gasteiger partial charge in [0.05, 0.1) is 11.5 Å². The summed E-state index contributed by atoms with van der Waals surface area (Å²) in [6.45, 7) is 2.03. The van der Waals surface area contributed by atoms with Crippen LogP contribution in [0.15, 0.2) is 53.4 Å². The molecule has 2 aromatic carbocycles. The van der Waals surface area contributed by atoms with E-state index in [0.29, 0.717) is 16.4 Å². The summed E-state index contributed by atoms with van der Waals surface area (Å²) in [4.78, 5) is 25.5. The highest BCUT2D eigenvalue weighted by molar-refractivity contribution is 8.00. The Hall–Kier alpha value is -2.27. The van der Waals surface area contributed by atoms with Crippen molar-refractivity contribution in [1.29, 1.82) is 0 Å². The van der Waals surface area contributed by atoms with Crippen molar-refractivity contribution in [3.05, 3.63) is 65.2 Å². The van der Waals surface area contributed by atoms with Crippen molar-refractivity contribution in [2.45, 2.75) is 48.7 Å². The van der Waals surface area contributed by atoms with Crippen LogP contribution in [0.2, 0.25) is 0 Å². The average Bonchev–Trinajstić information content (AvgIpc) is 3.17. The minimum Gasteiger partial charge on any atom is -0.481 e. The number of hydrogen-bond acceptors (Lipinski definition) is 3. The lowest BCUT2D eigenvalue weighted by molar-refractivity contribution is -0.138. The standard InChI is InChI=1S/C22H25NO3S/c1-15-11-12-20(27-17-9-5-6-10-17)18(13-15)21(24)23-14-19(22(25)26)16-7-3-2-4-8-16/h2-4,7-8,11-13,17,19H,5-6,9-10,14H2,1H3,(H,23,24)(H,25,26). The van der Waals surface area contributed by atoms with E-state index in [4.69, 9.17) is 0 Å². The molecule has 5 heteroatoms. The molecule has 0 radical (unpaired) electrons. The van der Waals surface area contributed by atoms with Crippen LogP contribution in [0.25, 0.3) is 0 Å². The molecule has 27 heavy (non-hydrogen) atoms. The highest BCUT2D eigenvalue weighted by atomic mass is 32.2. The SMILES string of the molecule is Cc1ccc(SC2CCCC2)c(C(=O)NCC(C(=O)O)c2ccccc2)c1. The predicted molar refractivity (Wildman–Crippen MR) is 108 cm³/mol. The third kappa shape index (κ3) is 5.13. The summed E-state index contributed by atoms with van der Waals surface area (Å²) >= 11 is 1.77. The maximum Gasteiger partial charge on any atom is 0.312 e. The highest BCUT2D eigenvalue weighted by Gasteiger charge is 2.23. The summed E-state index contributed by atoms with van der Waals surface area (Å²) in [5, 5.41) is 12.9. The van der Waals surface area contributed by atoms with Gasteiger partial charge in [-0.05, 0) is 37.5 Å². The first kappa shape index (κ1) is 19.5. The number of aliphatic carboxylic acids is 1. The van der Waals surface area contributed by atoms with Gasteiger partial charge in [-0.15, -0.1) is 11.8 Å². The first-order chi connectivity index (χ1) is 13.0. The van der Waals surface area contributed by atoms with Crippen LogP contribution in [0.5, 0.6) is 0 Å². The Morgan fingerprint density at radius 2 is 1.85 bits per heavy atom. The number of nitrogens with one attached hydrogen (secondary N) is 1. The predicted octanol–water partition coefficient (Wildman–Crippen LogP) is 4.63. The van der Waals surface area contributed by atoms with E-state index >= 15 is 0 Å². The lowest BCUT2D eigenvalue weighted by atomic mass is 9.99. The smallest absolute Gasteiger partial charge is 0.312 e. The number of carbonyl (C=O) groups is 2. The zero-order valence-corrected chi connectivity index (χ0v) is 16.3. The van der Waals surface area contributed by atoms with Crippen molar-refractivity contribution in [2.24, 2.45) is 0 Å². The Morgan fingerprint density at radius 3 is 2.52 bits per heavy atom. The zero-order chi connectivity index (χ0) is 19.2. The van der Waals surface area contributed by atoms with Crippen LogP contribution in [-0.4, -0.2) is 28.8 Å². The Balaban J connectivity index is 1.73. The molecule has 1 amide bonds. The Labute approximate surface area is 164 Å². The van der Waals surface area contributed by atoms with Gasteiger partial charge >= 0.3 is 5.97 Å². The zero-order valence-electron chi connectivity index (χ0n) is 15.5. The van der Waals surface area contributed by atoms with Gasteiger partial charge in [0.1, 0.15) is 0 Å². The average molecular weight is 384 g/mol. The van der Waals surface area contributed by atoms with Crippen LogP contribution in [0.3, 0.4) is 0 Å². The van der Waals surface area contributed by atoms with Crippen LogP contribution in [0.4, 0.5) is 0 Å². The Kier molecular flexibility index (Phi) is 6.56. The van der Waals surface area contributed by atoms with E-state index < -0.39 is 11.9 Å². The van der Waals surface area contributed by atoms with Gasteiger partial charge in [-0.1, -0.05) is 54.8 Å². The number of benzene rings is 2. The monoisotopic (exact) mass is 383 g/mol. The van der Waals surface area contributed by atoms with Crippen molar-refractivity contribution in [2.75, 3.05) is 6.54 Å². The van der Waals surface area contributed by atoms with Crippen LogP contribution < -0.4 is 5.32 Å². The minimum atomic E-state index is -0.939. The van der Waals surface area contributed by atoms with Crippen molar-refractivity contribution >= 4 is 23.6 Å². The van der Waals surface area contributed by atoms with Gasteiger partial charge < -0.3 is 10.4 Å². The molecular weight excluding hydrogens is 358 g/mol. The maximum atomic E-state index is 12.8. The molecule has 0 spiro atoms. The molecule has 2 aromatic rings. The van der Waals surface area contributed by atoms with Crippen molar-refractivity contribution in [3.63, 3.8) is 0 Å². The molecule has 0 saturated heterocycles. The molecule has 1 unspecified atom stereocenters. The third-order valence-corrected chi connectivity index (χ3v) is 6.36. The van der Waals surface area contributed by atoms with Crippen molar-refractivity contribution < 1.29 is 14.7 Å². The summed E-state index contributed by atoms with van der Waals surface area (Å²) in [6.07, 6.45) is 4.88. The van der Waals surface area contributed by atoms with Gasteiger partial charge in [-0.3, -0.25) is 9.59 Å². The van der Waals surface area contributed by atoms with E-state index in [0.717, 1.165) is 10.5 Å². The van der Waals surface area contributed by atoms with Crippen LogP contribution in [-0.2, 0) is 4.79 Å². The topological polar surface area (TPSA) is 66.4 Å². The quantitative estimate of drug-likeness (QED) is 0.732. The summed E-state index contributed by atoms with van der Waals surface area (Å²) in [6, 6.07) is 15.0. The first-order valence-electron chi connectivity index (χ1n) is 9.38. The molecule has 0 aliphatic heterocycles. The number of carboxylic acid groups (broad SMARTS) is 1. The van der Waals surface area contributed by atoms with E-state index in [1.54, 1.807) is 23.9 Å². The van der Waals surface area contributed by atoms with Gasteiger partial charge in [-0.25, -0.2) is 0 Å². The summed E-state index contributed by atoms with van der Waals surface area (Å²) < 4.78 is 0. The van der Waals surface area contributed by atoms with Gasteiger partial charge in [0.15, 0.2) is 0 Å². The van der Waals surface area contributed by atoms with Crippen LogP contribution in [0.1, 0.15) is 53.1 Å². The van der Waals surface area contributed by atoms with Gasteiger partial charge in [-0.2, -0.15) is 0 Å². The van der Waals surface area contributed by atoms with Crippen LogP contribution >= 0.6 is 11.8 Å². The Bertz CT molecular complexity index is 800. The normalized spacial score (nSPS) is 15.4. The van der Waals surface area contributed by atoms with Crippen LogP contribution in [0, 0.1) is 6.92 Å². The summed E-state index contributed by atoms with van der Waals surface area (Å²) in [7, 11) is 0. The summed E-state index contributed by atoms with van der Waals surface area (Å²) in [5.41, 5.74) is 2.35. The molecular formula is C22H25NO3S. The molecule has 4 nitrogen and oxygen atoms in total. The maximum absolute atomic E-state index is 12.8. The highest BCUT2D eigenvalue weighted by Crippen LogP contribution is 2.36. The molecule has 1 saturated carbocycles. The van der Waals surface area contributed by atoms with E-state index in [1.807, 2.05) is 43.3 Å². The van der Waals surface area contributed by atoms with E-state index in [9.17, 15) is 14.7 Å². The second-order valence-corrected chi connectivity index (χ2v) is 8.38. The van der Waals surface area contributed by atoms with Gasteiger partial charge in [0, 0.05) is 16.7 Å². The second kappa shape index (κ2) is 9.09. The lowest BCUT2D eigenvalue weighted by Crippen LogP contribution is -2.32. The second-order valence-electron chi connectivity index (χ2n) is 7.04. The first-order valence-corrected chi connectivity index (χ1v) is 10.3. The molecule has 1 atom stereocenters. The van der Waals surface area contributed by atoms with E-state index in [1.165, 1.54) is 25.7 Å². The number of thioether (sulfide) groups is 1. The van der Waals surface area contributed by atoms with E-state index in [2.05, 4.69) is 5.32 Å². The molecule has 0 bridgehead atoms. The number of hydrogen-bond donors (Lipinski definition) is 2. The number of carbonyl (C=O) groups excluding carboxylic acids is 1. The third-order valence-electron chi connectivity index (χ3n) is 4.94. The number of rotatable bonds is 7. The fourth-order valence-corrected chi connectivity index (χ4v) is 4.79. The number of aryl methyl sites for hydroxylation is 1. The largest absolute Gasteiger partial charge is 0.481 e. The van der Waals surface area contributed by atoms with Crippen molar-refractivity contribution in [3.8, 4) is 0 Å². The molecule has 3 rings (SSSR count). The van der Waals surface area contributed by atoms with Crippen molar-refractivity contribution in [1.82, 2.24) is 5.32 Å². The van der Waals surface area contributed by atoms with Gasteiger partial charge in [0.2, 0.25) is 0 Å². The minimum absolute atomic E-state index is 0.0691. The Morgan fingerprint density at radius 1 is 1.15 bits per heavy atom. The van der Waals surface area contributed by atoms with Gasteiger partial charge in [0.25, 0.3) is 5.91 Å². The fraction of sp³-hybridized carbons (Fsp3) is 0.364. The number of carboxylic acids is 1. The lowest BCUT2D eigenvalue weighted by Gasteiger charge is -2.16. The number of amides is 1. The molecule has 1 aliphatic carbocycles. The molecule has 1 fully saturated rings.